The number of rotatable bonds is 4. The van der Waals surface area contributed by atoms with Crippen LogP contribution in [0.5, 0.6) is 0 Å². The molecule has 0 unspecified atom stereocenters. The average molecular weight is 359 g/mol. The van der Waals surface area contributed by atoms with Crippen LogP contribution in [0.4, 0.5) is 0 Å². The van der Waals surface area contributed by atoms with Crippen LogP contribution >= 0.6 is 0 Å². The van der Waals surface area contributed by atoms with Crippen LogP contribution in [0.2, 0.25) is 0 Å². The Morgan fingerprint density at radius 2 is 1.44 bits per heavy atom. The van der Waals surface area contributed by atoms with Gasteiger partial charge in [-0.1, -0.05) is 48.0 Å². The van der Waals surface area contributed by atoms with Crippen LogP contribution in [0.3, 0.4) is 0 Å². The normalized spacial score (nSPS) is 16.9. The molecule has 0 saturated carbocycles. The van der Waals surface area contributed by atoms with Gasteiger partial charge in [0, 0.05) is 32.7 Å². The molecule has 1 saturated heterocycles. The first-order chi connectivity index (χ1) is 11.9. The molecule has 1 aliphatic rings. The van der Waals surface area contributed by atoms with Gasteiger partial charge in [0.15, 0.2) is 0 Å². The Labute approximate surface area is 151 Å². The molecule has 1 fully saturated rings. The molecule has 1 heterocycles. The molecule has 2 aromatic carbocycles. The Bertz CT molecular complexity index is 816. The zero-order valence-corrected chi connectivity index (χ0v) is 16.0. The Morgan fingerprint density at radius 3 is 2.00 bits per heavy atom. The predicted octanol–water partition coefficient (Wildman–Crippen LogP) is 3.12. The van der Waals surface area contributed by atoms with E-state index in [1.165, 1.54) is 5.56 Å². The molecule has 0 aromatic heterocycles. The van der Waals surface area contributed by atoms with E-state index in [1.54, 1.807) is 4.31 Å². The second-order valence-electron chi connectivity index (χ2n) is 6.89. The molecule has 0 atom stereocenters. The fourth-order valence-electron chi connectivity index (χ4n) is 3.67. The summed E-state index contributed by atoms with van der Waals surface area (Å²) in [7, 11) is -3.43. The van der Waals surface area contributed by atoms with Gasteiger partial charge in [-0.25, -0.2) is 8.42 Å². The van der Waals surface area contributed by atoms with Gasteiger partial charge in [-0.2, -0.15) is 4.31 Å². The van der Waals surface area contributed by atoms with Gasteiger partial charge in [0.05, 0.1) is 4.90 Å². The van der Waals surface area contributed by atoms with Crippen molar-refractivity contribution < 1.29 is 8.42 Å². The molecule has 0 aliphatic carbocycles. The highest BCUT2D eigenvalue weighted by Gasteiger charge is 2.30. The Balaban J connectivity index is 1.72. The molecule has 0 spiro atoms. The van der Waals surface area contributed by atoms with Crippen molar-refractivity contribution in [2.75, 3.05) is 26.2 Å². The second-order valence-corrected chi connectivity index (χ2v) is 8.77. The minimum Gasteiger partial charge on any atom is -0.296 e. The number of hydrogen-bond donors (Lipinski definition) is 0. The first-order valence-electron chi connectivity index (χ1n) is 8.72. The smallest absolute Gasteiger partial charge is 0.243 e. The average Bonchev–Trinajstić information content (AvgIpc) is 2.55. The van der Waals surface area contributed by atoms with Crippen molar-refractivity contribution in [3.8, 4) is 0 Å². The molecule has 3 rings (SSSR count). The first kappa shape index (κ1) is 18.1. The highest BCUT2D eigenvalue weighted by atomic mass is 32.2. The summed E-state index contributed by atoms with van der Waals surface area (Å²) in [6.07, 6.45) is 0. The topological polar surface area (TPSA) is 40.6 Å². The highest BCUT2D eigenvalue weighted by molar-refractivity contribution is 7.89. The van der Waals surface area contributed by atoms with Crippen molar-refractivity contribution in [2.45, 2.75) is 32.2 Å². The van der Waals surface area contributed by atoms with Crippen molar-refractivity contribution in [1.29, 1.82) is 0 Å². The lowest BCUT2D eigenvalue weighted by Crippen LogP contribution is -2.48. The van der Waals surface area contributed by atoms with Crippen molar-refractivity contribution in [3.63, 3.8) is 0 Å². The van der Waals surface area contributed by atoms with E-state index in [1.807, 2.05) is 51.1 Å². The fraction of sp³-hybridized carbons (Fsp3) is 0.400. The predicted molar refractivity (Wildman–Crippen MR) is 101 cm³/mol. The number of hydrogen-bond acceptors (Lipinski definition) is 3. The number of sulfonamides is 1. The number of piperazine rings is 1. The van der Waals surface area contributed by atoms with Crippen LogP contribution in [0.25, 0.3) is 0 Å². The summed E-state index contributed by atoms with van der Waals surface area (Å²) in [6.45, 7) is 9.26. The van der Waals surface area contributed by atoms with Crippen LogP contribution in [0.15, 0.2) is 47.4 Å². The van der Waals surface area contributed by atoms with Gasteiger partial charge < -0.3 is 0 Å². The maximum absolute atomic E-state index is 13.1. The van der Waals surface area contributed by atoms with E-state index in [-0.39, 0.29) is 0 Å². The first-order valence-corrected chi connectivity index (χ1v) is 10.2. The van der Waals surface area contributed by atoms with E-state index in [4.69, 9.17) is 0 Å². The van der Waals surface area contributed by atoms with Gasteiger partial charge in [0.1, 0.15) is 0 Å². The second kappa shape index (κ2) is 7.28. The minimum atomic E-state index is -3.43. The van der Waals surface area contributed by atoms with Gasteiger partial charge in [0.25, 0.3) is 0 Å². The zero-order chi connectivity index (χ0) is 18.0. The molecule has 25 heavy (non-hydrogen) atoms. The van der Waals surface area contributed by atoms with Gasteiger partial charge in [0.2, 0.25) is 10.0 Å². The number of benzene rings is 2. The lowest BCUT2D eigenvalue weighted by Gasteiger charge is -2.34. The monoisotopic (exact) mass is 358 g/mol. The fourth-order valence-corrected chi connectivity index (χ4v) is 5.51. The summed E-state index contributed by atoms with van der Waals surface area (Å²) >= 11 is 0. The standard InChI is InChI=1S/C20H26N2O2S/c1-16-13-17(2)20(18(3)14-16)25(23,24)22-11-9-21(10-12-22)15-19-7-5-4-6-8-19/h4-8,13-14H,9-12,15H2,1-3H3. The van der Waals surface area contributed by atoms with Gasteiger partial charge >= 0.3 is 0 Å². The SMILES string of the molecule is Cc1cc(C)c(S(=O)(=O)N2CCN(Cc3ccccc3)CC2)c(C)c1. The van der Waals surface area contributed by atoms with E-state index in [9.17, 15) is 8.42 Å². The van der Waals surface area contributed by atoms with Crippen LogP contribution in [0.1, 0.15) is 22.3 Å². The van der Waals surface area contributed by atoms with E-state index in [0.717, 1.165) is 36.3 Å². The summed E-state index contributed by atoms with van der Waals surface area (Å²) < 4.78 is 27.9. The summed E-state index contributed by atoms with van der Waals surface area (Å²) in [4.78, 5) is 2.80. The molecule has 5 heteroatoms. The number of nitrogens with zero attached hydrogens (tertiary/aromatic N) is 2. The lowest BCUT2D eigenvalue weighted by atomic mass is 10.1. The summed E-state index contributed by atoms with van der Waals surface area (Å²) in [5.74, 6) is 0. The summed E-state index contributed by atoms with van der Waals surface area (Å²) in [6, 6.07) is 14.2. The van der Waals surface area contributed by atoms with Gasteiger partial charge in [-0.15, -0.1) is 0 Å². The van der Waals surface area contributed by atoms with Crippen LogP contribution < -0.4 is 0 Å². The molecule has 1 aliphatic heterocycles. The van der Waals surface area contributed by atoms with E-state index >= 15 is 0 Å². The summed E-state index contributed by atoms with van der Waals surface area (Å²) in [5, 5.41) is 0. The Morgan fingerprint density at radius 1 is 0.880 bits per heavy atom. The van der Waals surface area contributed by atoms with Crippen molar-refractivity contribution in [3.05, 3.63) is 64.7 Å². The molecule has 4 nitrogen and oxygen atoms in total. The van der Waals surface area contributed by atoms with Gasteiger partial charge in [-0.3, -0.25) is 4.90 Å². The van der Waals surface area contributed by atoms with E-state index in [0.29, 0.717) is 18.0 Å². The number of aryl methyl sites for hydroxylation is 3. The quantitative estimate of drug-likeness (QED) is 0.843. The Kier molecular flexibility index (Phi) is 5.27. The lowest BCUT2D eigenvalue weighted by molar-refractivity contribution is 0.181. The molecule has 0 amide bonds. The minimum absolute atomic E-state index is 0.481. The molecular weight excluding hydrogens is 332 g/mol. The van der Waals surface area contributed by atoms with Crippen LogP contribution in [-0.4, -0.2) is 43.8 Å². The largest absolute Gasteiger partial charge is 0.296 e. The van der Waals surface area contributed by atoms with Crippen molar-refractivity contribution >= 4 is 10.0 Å². The molecule has 0 bridgehead atoms. The van der Waals surface area contributed by atoms with Crippen molar-refractivity contribution in [1.82, 2.24) is 9.21 Å². The molecule has 0 radical (unpaired) electrons. The van der Waals surface area contributed by atoms with E-state index < -0.39 is 10.0 Å². The van der Waals surface area contributed by atoms with E-state index in [2.05, 4.69) is 17.0 Å². The van der Waals surface area contributed by atoms with Crippen LogP contribution in [0, 0.1) is 20.8 Å². The molecule has 134 valence electrons. The third-order valence-electron chi connectivity index (χ3n) is 4.78. The van der Waals surface area contributed by atoms with Crippen molar-refractivity contribution in [2.24, 2.45) is 0 Å². The third kappa shape index (κ3) is 3.94. The van der Waals surface area contributed by atoms with Gasteiger partial charge in [-0.05, 0) is 37.5 Å². The maximum atomic E-state index is 13.1. The highest BCUT2D eigenvalue weighted by Crippen LogP contribution is 2.26. The third-order valence-corrected chi connectivity index (χ3v) is 6.99. The molecular formula is C20H26N2O2S. The van der Waals surface area contributed by atoms with Crippen LogP contribution in [-0.2, 0) is 16.6 Å². The maximum Gasteiger partial charge on any atom is 0.243 e. The Hall–Kier alpha value is -1.69. The zero-order valence-electron chi connectivity index (χ0n) is 15.2. The summed E-state index contributed by atoms with van der Waals surface area (Å²) in [5.41, 5.74) is 4.04. The molecule has 0 N–H and O–H groups in total. The molecule has 2 aromatic rings.